The molecule has 35 heavy (non-hydrogen) atoms. The van der Waals surface area contributed by atoms with Crippen LogP contribution in [-0.4, -0.2) is 27.3 Å². The van der Waals surface area contributed by atoms with Gasteiger partial charge in [-0.1, -0.05) is 64.7 Å². The van der Waals surface area contributed by atoms with Crippen LogP contribution in [0.2, 0.25) is 10.0 Å². The van der Waals surface area contributed by atoms with Crippen LogP contribution in [0, 0.1) is 0 Å². The molecule has 0 aliphatic rings. The Kier molecular flexibility index (Phi) is 16.1. The molecule has 11 nitrogen and oxygen atoms in total. The van der Waals surface area contributed by atoms with Gasteiger partial charge in [0.05, 0.1) is 12.8 Å². The van der Waals surface area contributed by atoms with Gasteiger partial charge in [0.15, 0.2) is 0 Å². The summed E-state index contributed by atoms with van der Waals surface area (Å²) in [5.41, 5.74) is 13.0. The first-order valence-electron chi connectivity index (χ1n) is 8.94. The number of nitrogen functional groups attached to an aromatic ring is 1. The quantitative estimate of drug-likeness (QED) is 0.114. The minimum Gasteiger partial charge on any atom is -0.481 e. The first-order valence-corrected chi connectivity index (χ1v) is 14.1. The van der Waals surface area contributed by atoms with Crippen molar-refractivity contribution in [2.75, 3.05) is 5.73 Å². The fraction of sp³-hybridized carbons (Fsp3) is 0.111. The third kappa shape index (κ3) is 18.7. The molecule has 0 atom stereocenters. The zero-order chi connectivity index (χ0) is 27.0. The maximum absolute atomic E-state index is 10.3. The zero-order valence-corrected chi connectivity index (χ0v) is 22.3. The molecule has 0 spiro atoms. The summed E-state index contributed by atoms with van der Waals surface area (Å²) in [6.45, 7) is 0. The van der Waals surface area contributed by atoms with Gasteiger partial charge < -0.3 is 21.0 Å². The van der Waals surface area contributed by atoms with Crippen LogP contribution in [0.15, 0.2) is 52.9 Å². The van der Waals surface area contributed by atoms with Crippen LogP contribution in [0.25, 0.3) is 0 Å². The van der Waals surface area contributed by atoms with Crippen molar-refractivity contribution in [3.8, 4) is 0 Å². The lowest BCUT2D eigenvalue weighted by Crippen LogP contribution is -2.34. The van der Waals surface area contributed by atoms with E-state index in [1.807, 2.05) is 24.3 Å². The Hall–Kier alpha value is -2.24. The van der Waals surface area contributed by atoms with Gasteiger partial charge in [0, 0.05) is 10.0 Å². The number of hydrazine groups is 1. The molecule has 1 heterocycles. The van der Waals surface area contributed by atoms with E-state index in [0.29, 0.717) is 27.9 Å². The molecule has 0 saturated heterocycles. The predicted octanol–water partition coefficient (Wildman–Crippen LogP) is 5.20. The molecule has 8 N–H and O–H groups in total. The summed E-state index contributed by atoms with van der Waals surface area (Å²) in [6, 6.07) is 13.8. The minimum absolute atomic E-state index is 0.0142. The highest BCUT2D eigenvalue weighted by atomic mass is 36.0. The number of carboxylic acid groups (broad SMARTS) is 1. The lowest BCUT2D eigenvalue weighted by molar-refractivity contribution is -0.136. The maximum atomic E-state index is 10.3. The van der Waals surface area contributed by atoms with E-state index in [2.05, 4.69) is 55.5 Å². The molecule has 0 fully saturated rings. The normalized spacial score (nSPS) is 9.77. The minimum atomic E-state index is -3.22. The second kappa shape index (κ2) is 17.2. The van der Waals surface area contributed by atoms with Gasteiger partial charge >= 0.3 is 23.2 Å². The van der Waals surface area contributed by atoms with E-state index in [1.54, 1.807) is 29.7 Å². The van der Waals surface area contributed by atoms with Crippen LogP contribution in [-0.2, 0) is 22.2 Å². The highest BCUT2D eigenvalue weighted by Gasteiger charge is 2.06. The number of nitrogens with zero attached hydrogens (tertiary/aromatic N) is 2. The Morgan fingerprint density at radius 2 is 1.40 bits per heavy atom. The van der Waals surface area contributed by atoms with E-state index < -0.39 is 17.2 Å². The smallest absolute Gasteiger partial charge is 0.339 e. The number of amides is 2. The Labute approximate surface area is 224 Å². The number of carboxylic acids is 1. The van der Waals surface area contributed by atoms with Crippen molar-refractivity contribution in [1.82, 2.24) is 15.6 Å². The van der Waals surface area contributed by atoms with Gasteiger partial charge in [-0.2, -0.15) is 0 Å². The Bertz CT molecular complexity index is 1120. The molecular weight excluding hydrogens is 588 g/mol. The number of hydrogen-bond donors (Lipinski definition) is 5. The number of nitrogens with one attached hydrogen (secondary N) is 1. The number of carbonyl (C=O) groups excluding carboxylic acids is 1. The Balaban J connectivity index is 0.000000489. The standard InChI is InChI=1S/C9H8ClN3O.C8H7ClO2.CH5N3O.Cl3OP/c10-7-4-2-1-3-6(7)5-8-12-13-9(11)14-8;9-7-4-2-1-3-6(7)5-8(10)11;2-1(5)4-3;1-5(2,3)4/h1-4H,5H2,(H2,11,13);1-4H,5H2,(H,10,11);3H2,(H3,2,4,5);. The topological polar surface area (TPSA) is 200 Å². The van der Waals surface area contributed by atoms with Gasteiger partial charge in [0.2, 0.25) is 5.89 Å². The molecule has 0 radical (unpaired) electrons. The van der Waals surface area contributed by atoms with Crippen molar-refractivity contribution < 1.29 is 23.7 Å². The molecule has 0 aliphatic heterocycles. The molecule has 192 valence electrons. The summed E-state index contributed by atoms with van der Waals surface area (Å²) >= 11 is 25.5. The molecule has 0 aliphatic carbocycles. The van der Waals surface area contributed by atoms with Gasteiger partial charge in [-0.3, -0.25) is 14.8 Å². The zero-order valence-electron chi connectivity index (χ0n) is 17.6. The second-order valence-corrected chi connectivity index (χ2v) is 13.3. The lowest BCUT2D eigenvalue weighted by Gasteiger charge is -1.98. The number of hydrogen-bond acceptors (Lipinski definition) is 8. The molecule has 3 rings (SSSR count). The number of aliphatic carboxylic acids is 1. The first kappa shape index (κ1) is 32.8. The number of urea groups is 1. The van der Waals surface area contributed by atoms with Crippen molar-refractivity contribution in [2.24, 2.45) is 11.6 Å². The molecule has 2 aromatic carbocycles. The highest BCUT2D eigenvalue weighted by molar-refractivity contribution is 8.24. The number of carbonyl (C=O) groups is 2. The molecule has 0 saturated carbocycles. The summed E-state index contributed by atoms with van der Waals surface area (Å²) in [6.07, 6.45) is 0.490. The molecule has 3 aromatic rings. The lowest BCUT2D eigenvalue weighted by atomic mass is 10.1. The van der Waals surface area contributed by atoms with Crippen LogP contribution < -0.4 is 22.7 Å². The molecule has 2 amide bonds. The highest BCUT2D eigenvalue weighted by Crippen LogP contribution is 2.61. The first-order chi connectivity index (χ1) is 16.2. The van der Waals surface area contributed by atoms with E-state index in [9.17, 15) is 14.2 Å². The van der Waals surface area contributed by atoms with Crippen molar-refractivity contribution in [3.05, 3.63) is 75.6 Å². The van der Waals surface area contributed by atoms with E-state index in [0.717, 1.165) is 5.56 Å². The van der Waals surface area contributed by atoms with E-state index in [4.69, 9.17) is 38.5 Å². The number of anilines is 1. The van der Waals surface area contributed by atoms with Crippen LogP contribution >= 0.6 is 62.1 Å². The fourth-order valence-corrected chi connectivity index (χ4v) is 2.35. The van der Waals surface area contributed by atoms with E-state index in [-0.39, 0.29) is 12.4 Å². The van der Waals surface area contributed by atoms with Crippen molar-refractivity contribution in [2.45, 2.75) is 12.8 Å². The molecular formula is C18H20Cl5N6O5P. The van der Waals surface area contributed by atoms with E-state index >= 15 is 0 Å². The number of benzene rings is 2. The third-order valence-corrected chi connectivity index (χ3v) is 3.96. The van der Waals surface area contributed by atoms with Crippen LogP contribution in [0.1, 0.15) is 17.0 Å². The summed E-state index contributed by atoms with van der Waals surface area (Å²) in [5.74, 6) is 4.05. The van der Waals surface area contributed by atoms with Crippen LogP contribution in [0.5, 0.6) is 0 Å². The average molecular weight is 609 g/mol. The number of nitrogens with two attached hydrogens (primary N) is 3. The number of primary amides is 1. The van der Waals surface area contributed by atoms with Gasteiger partial charge in [0.1, 0.15) is 0 Å². The summed E-state index contributed by atoms with van der Waals surface area (Å²) in [7, 11) is 0. The molecule has 17 heteroatoms. The molecule has 1 aromatic heterocycles. The van der Waals surface area contributed by atoms with Gasteiger partial charge in [-0.15, -0.1) is 5.10 Å². The molecule has 0 unspecified atom stereocenters. The van der Waals surface area contributed by atoms with Gasteiger partial charge in [-0.05, 0) is 57.0 Å². The maximum Gasteiger partial charge on any atom is 0.339 e. The summed E-state index contributed by atoms with van der Waals surface area (Å²) in [4.78, 5) is 19.6. The Morgan fingerprint density at radius 1 is 0.971 bits per heavy atom. The SMILES string of the molecule is NNC(N)=O.Nc1nnc(Cc2ccccc2Cl)o1.O=C(O)Cc1ccccc1Cl.O=P(Cl)(Cl)Cl. The number of aromatic nitrogens is 2. The van der Waals surface area contributed by atoms with Crippen molar-refractivity contribution in [1.29, 1.82) is 0 Å². The predicted molar refractivity (Wildman–Crippen MR) is 138 cm³/mol. The van der Waals surface area contributed by atoms with E-state index in [1.165, 1.54) is 0 Å². The summed E-state index contributed by atoms with van der Waals surface area (Å²) < 4.78 is 14.6. The Morgan fingerprint density at radius 3 is 1.74 bits per heavy atom. The average Bonchev–Trinajstić information content (AvgIpc) is 3.15. The van der Waals surface area contributed by atoms with Gasteiger partial charge in [-0.25, -0.2) is 10.6 Å². The largest absolute Gasteiger partial charge is 0.481 e. The molecule has 0 bridgehead atoms. The third-order valence-electron chi connectivity index (χ3n) is 3.22. The summed E-state index contributed by atoms with van der Waals surface area (Å²) in [5, 5.41) is 13.7. The number of rotatable bonds is 4. The van der Waals surface area contributed by atoms with Crippen LogP contribution in [0.4, 0.5) is 10.8 Å². The van der Waals surface area contributed by atoms with Crippen molar-refractivity contribution >= 4 is 80.1 Å². The monoisotopic (exact) mass is 606 g/mol. The van der Waals surface area contributed by atoms with Crippen LogP contribution in [0.3, 0.4) is 0 Å². The van der Waals surface area contributed by atoms with Gasteiger partial charge in [0.25, 0.3) is 0 Å². The van der Waals surface area contributed by atoms with Crippen molar-refractivity contribution in [3.63, 3.8) is 0 Å². The number of halogens is 5. The fourth-order valence-electron chi connectivity index (χ4n) is 1.95. The second-order valence-electron chi connectivity index (χ2n) is 5.87.